The average Bonchev–Trinajstić information content (AvgIpc) is 2.84. The van der Waals surface area contributed by atoms with E-state index in [0.717, 1.165) is 23.1 Å². The van der Waals surface area contributed by atoms with Gasteiger partial charge in [-0.05, 0) is 43.0 Å². The fraction of sp³-hybridized carbons (Fsp3) is 0.333. The van der Waals surface area contributed by atoms with Crippen molar-refractivity contribution in [2.24, 2.45) is 0 Å². The van der Waals surface area contributed by atoms with Crippen molar-refractivity contribution in [2.75, 3.05) is 14.2 Å². The van der Waals surface area contributed by atoms with Crippen molar-refractivity contribution in [3.8, 4) is 11.5 Å². The van der Waals surface area contributed by atoms with Crippen molar-refractivity contribution < 1.29 is 14.6 Å². The maximum Gasteiger partial charge on any atom is 0.129 e. The van der Waals surface area contributed by atoms with E-state index >= 15 is 0 Å². The molecule has 0 amide bonds. The second-order valence-corrected chi connectivity index (χ2v) is 5.56. The molecule has 0 aromatic heterocycles. The Morgan fingerprint density at radius 2 is 1.71 bits per heavy atom. The predicted octanol–water partition coefficient (Wildman–Crippen LogP) is 3.19. The van der Waals surface area contributed by atoms with Crippen LogP contribution < -0.4 is 9.47 Å². The number of hydrogen-bond donors (Lipinski definition) is 1. The normalized spacial score (nSPS) is 20.2. The summed E-state index contributed by atoms with van der Waals surface area (Å²) in [6.45, 7) is 2.04. The first-order chi connectivity index (χ1) is 10.1. The number of methoxy groups -OCH3 is 2. The lowest BCUT2D eigenvalue weighted by atomic mass is 9.86. The number of benzene rings is 2. The van der Waals surface area contributed by atoms with Crippen LogP contribution in [0.5, 0.6) is 11.5 Å². The molecule has 110 valence electrons. The number of aliphatic hydroxyl groups is 1. The summed E-state index contributed by atoms with van der Waals surface area (Å²) in [4.78, 5) is 0. The molecule has 0 saturated heterocycles. The number of aryl methyl sites for hydroxylation is 2. The standard InChI is InChI=1S/C18H20O3/c1-12-7-8-13-9-10-18(19,14(13)11-12)17-15(20-2)5-4-6-16(17)21-3/h4-8,11,19H,9-10H2,1-3H3. The highest BCUT2D eigenvalue weighted by Gasteiger charge is 2.42. The van der Waals surface area contributed by atoms with Crippen LogP contribution in [0.1, 0.15) is 28.7 Å². The highest BCUT2D eigenvalue weighted by molar-refractivity contribution is 5.56. The molecule has 1 N–H and O–H groups in total. The van der Waals surface area contributed by atoms with Crippen molar-refractivity contribution in [3.05, 3.63) is 58.7 Å². The molecule has 0 radical (unpaired) electrons. The fourth-order valence-corrected chi connectivity index (χ4v) is 3.26. The van der Waals surface area contributed by atoms with Crippen molar-refractivity contribution in [2.45, 2.75) is 25.4 Å². The molecule has 0 fully saturated rings. The van der Waals surface area contributed by atoms with Gasteiger partial charge in [-0.25, -0.2) is 0 Å². The van der Waals surface area contributed by atoms with E-state index in [4.69, 9.17) is 9.47 Å². The summed E-state index contributed by atoms with van der Waals surface area (Å²) in [5.41, 5.74) is 2.96. The highest BCUT2D eigenvalue weighted by Crippen LogP contribution is 2.49. The summed E-state index contributed by atoms with van der Waals surface area (Å²) >= 11 is 0. The molecule has 1 atom stereocenters. The third-order valence-electron chi connectivity index (χ3n) is 4.31. The Labute approximate surface area is 125 Å². The van der Waals surface area contributed by atoms with Gasteiger partial charge in [0, 0.05) is 0 Å². The molecule has 3 rings (SSSR count). The quantitative estimate of drug-likeness (QED) is 0.940. The van der Waals surface area contributed by atoms with E-state index in [1.54, 1.807) is 14.2 Å². The second-order valence-electron chi connectivity index (χ2n) is 5.56. The summed E-state index contributed by atoms with van der Waals surface area (Å²) < 4.78 is 10.9. The minimum Gasteiger partial charge on any atom is -0.496 e. The van der Waals surface area contributed by atoms with Crippen LogP contribution in [0.2, 0.25) is 0 Å². The van der Waals surface area contributed by atoms with Crippen LogP contribution in [-0.4, -0.2) is 19.3 Å². The van der Waals surface area contributed by atoms with Gasteiger partial charge < -0.3 is 14.6 Å². The van der Waals surface area contributed by atoms with Crippen LogP contribution in [0, 0.1) is 6.92 Å². The molecular formula is C18H20O3. The first kappa shape index (κ1) is 14.0. The lowest BCUT2D eigenvalue weighted by Gasteiger charge is -2.28. The number of fused-ring (bicyclic) bond motifs is 1. The molecule has 3 heteroatoms. The van der Waals surface area contributed by atoms with Crippen LogP contribution in [-0.2, 0) is 12.0 Å². The van der Waals surface area contributed by atoms with Crippen LogP contribution in [0.4, 0.5) is 0 Å². The summed E-state index contributed by atoms with van der Waals surface area (Å²) in [5.74, 6) is 1.32. The lowest BCUT2D eigenvalue weighted by molar-refractivity contribution is 0.0768. The van der Waals surface area contributed by atoms with Crippen LogP contribution >= 0.6 is 0 Å². The zero-order valence-corrected chi connectivity index (χ0v) is 12.6. The number of hydrogen-bond acceptors (Lipinski definition) is 3. The van der Waals surface area contributed by atoms with Gasteiger partial charge in [-0.2, -0.15) is 0 Å². The van der Waals surface area contributed by atoms with E-state index < -0.39 is 5.60 Å². The third-order valence-corrected chi connectivity index (χ3v) is 4.31. The van der Waals surface area contributed by atoms with E-state index in [1.807, 2.05) is 25.1 Å². The van der Waals surface area contributed by atoms with E-state index in [2.05, 4.69) is 18.2 Å². The molecule has 0 spiro atoms. The van der Waals surface area contributed by atoms with E-state index in [-0.39, 0.29) is 0 Å². The van der Waals surface area contributed by atoms with Gasteiger partial charge in [0.25, 0.3) is 0 Å². The molecule has 3 nitrogen and oxygen atoms in total. The van der Waals surface area contributed by atoms with Crippen molar-refractivity contribution in [1.29, 1.82) is 0 Å². The van der Waals surface area contributed by atoms with Crippen LogP contribution in [0.3, 0.4) is 0 Å². The van der Waals surface area contributed by atoms with Gasteiger partial charge in [-0.15, -0.1) is 0 Å². The van der Waals surface area contributed by atoms with Gasteiger partial charge in [0.1, 0.15) is 17.1 Å². The van der Waals surface area contributed by atoms with Crippen molar-refractivity contribution >= 4 is 0 Å². The minimum absolute atomic E-state index is 0.641. The van der Waals surface area contributed by atoms with E-state index in [1.165, 1.54) is 5.56 Å². The molecule has 2 aromatic rings. The third kappa shape index (κ3) is 2.09. The number of ether oxygens (including phenoxy) is 2. The smallest absolute Gasteiger partial charge is 0.129 e. The molecule has 2 aromatic carbocycles. The molecule has 0 bridgehead atoms. The molecule has 1 aliphatic carbocycles. The maximum atomic E-state index is 11.4. The monoisotopic (exact) mass is 284 g/mol. The van der Waals surface area contributed by atoms with Gasteiger partial charge in [-0.3, -0.25) is 0 Å². The van der Waals surface area contributed by atoms with Gasteiger partial charge in [0.05, 0.1) is 19.8 Å². The largest absolute Gasteiger partial charge is 0.496 e. The Morgan fingerprint density at radius 3 is 2.33 bits per heavy atom. The molecule has 0 heterocycles. The molecule has 0 saturated carbocycles. The average molecular weight is 284 g/mol. The Hall–Kier alpha value is -2.00. The van der Waals surface area contributed by atoms with E-state index in [0.29, 0.717) is 17.9 Å². The second kappa shape index (κ2) is 5.08. The summed E-state index contributed by atoms with van der Waals surface area (Å²) in [5, 5.41) is 11.4. The Balaban J connectivity index is 2.25. The highest BCUT2D eigenvalue weighted by atomic mass is 16.5. The fourth-order valence-electron chi connectivity index (χ4n) is 3.26. The molecular weight excluding hydrogens is 264 g/mol. The minimum atomic E-state index is -1.06. The number of rotatable bonds is 3. The maximum absolute atomic E-state index is 11.4. The molecule has 1 aliphatic rings. The van der Waals surface area contributed by atoms with E-state index in [9.17, 15) is 5.11 Å². The van der Waals surface area contributed by atoms with Gasteiger partial charge in [0.15, 0.2) is 0 Å². The zero-order chi connectivity index (χ0) is 15.0. The zero-order valence-electron chi connectivity index (χ0n) is 12.6. The summed E-state index contributed by atoms with van der Waals surface area (Å²) in [7, 11) is 3.24. The molecule has 1 unspecified atom stereocenters. The lowest BCUT2D eigenvalue weighted by Crippen LogP contribution is -2.25. The SMILES string of the molecule is COc1cccc(OC)c1C1(O)CCc2ccc(C)cc21. The topological polar surface area (TPSA) is 38.7 Å². The summed E-state index contributed by atoms with van der Waals surface area (Å²) in [6.07, 6.45) is 1.50. The van der Waals surface area contributed by atoms with Crippen LogP contribution in [0.15, 0.2) is 36.4 Å². The Bertz CT molecular complexity index is 656. The van der Waals surface area contributed by atoms with Gasteiger partial charge in [-0.1, -0.05) is 29.8 Å². The van der Waals surface area contributed by atoms with Gasteiger partial charge in [0.2, 0.25) is 0 Å². The van der Waals surface area contributed by atoms with Gasteiger partial charge >= 0.3 is 0 Å². The molecule has 0 aliphatic heterocycles. The predicted molar refractivity (Wildman–Crippen MR) is 82.0 cm³/mol. The summed E-state index contributed by atoms with van der Waals surface area (Å²) in [6, 6.07) is 11.9. The van der Waals surface area contributed by atoms with Crippen LogP contribution in [0.25, 0.3) is 0 Å². The van der Waals surface area contributed by atoms with Crippen molar-refractivity contribution in [3.63, 3.8) is 0 Å². The first-order valence-electron chi connectivity index (χ1n) is 7.14. The first-order valence-corrected chi connectivity index (χ1v) is 7.14. The Morgan fingerprint density at radius 1 is 1.05 bits per heavy atom. The Kier molecular flexibility index (Phi) is 3.38. The van der Waals surface area contributed by atoms with Crippen molar-refractivity contribution in [1.82, 2.24) is 0 Å². The molecule has 21 heavy (non-hydrogen) atoms.